The third-order valence-electron chi connectivity index (χ3n) is 7.45. The molecule has 32 heavy (non-hydrogen) atoms. The molecular formula is C24H22N4O4. The van der Waals surface area contributed by atoms with Crippen molar-refractivity contribution < 1.29 is 19.2 Å². The molecule has 4 aliphatic heterocycles. The molecule has 4 heterocycles. The number of amides is 4. The molecule has 4 saturated heterocycles. The maximum Gasteiger partial charge on any atom is 0.248 e. The van der Waals surface area contributed by atoms with Crippen LogP contribution in [0.3, 0.4) is 0 Å². The van der Waals surface area contributed by atoms with Crippen LogP contribution < -0.4 is 0 Å². The second-order valence-electron chi connectivity index (χ2n) is 8.88. The van der Waals surface area contributed by atoms with Crippen LogP contribution >= 0.6 is 0 Å². The highest BCUT2D eigenvalue weighted by atomic mass is 16.2. The smallest absolute Gasteiger partial charge is 0.248 e. The first-order valence-corrected chi connectivity index (χ1v) is 10.7. The molecule has 6 rings (SSSR count). The van der Waals surface area contributed by atoms with Gasteiger partial charge in [0, 0.05) is 14.1 Å². The van der Waals surface area contributed by atoms with Crippen LogP contribution in [0.2, 0.25) is 0 Å². The lowest BCUT2D eigenvalue weighted by Gasteiger charge is -2.35. The highest BCUT2D eigenvalue weighted by Crippen LogP contribution is 2.58. The van der Waals surface area contributed by atoms with E-state index in [2.05, 4.69) is 0 Å². The van der Waals surface area contributed by atoms with Gasteiger partial charge in [0.15, 0.2) is 0 Å². The number of hydrogen-bond donors (Lipinski definition) is 0. The molecule has 2 aromatic rings. The molecule has 6 atom stereocenters. The van der Waals surface area contributed by atoms with Crippen LogP contribution in [-0.4, -0.2) is 69.6 Å². The molecule has 4 fully saturated rings. The summed E-state index contributed by atoms with van der Waals surface area (Å²) in [6.45, 7) is 0. The number of carbonyl (C=O) groups excluding carboxylic acids is 4. The van der Waals surface area contributed by atoms with Crippen molar-refractivity contribution in [2.45, 2.75) is 24.2 Å². The number of fused-ring (bicyclic) bond motifs is 5. The van der Waals surface area contributed by atoms with Crippen molar-refractivity contribution in [2.24, 2.45) is 11.8 Å². The monoisotopic (exact) mass is 430 g/mol. The molecule has 8 heteroatoms. The fourth-order valence-corrected chi connectivity index (χ4v) is 6.08. The fourth-order valence-electron chi connectivity index (χ4n) is 6.08. The number of nitrogens with zero attached hydrogens (tertiary/aromatic N) is 4. The number of hydrogen-bond acceptors (Lipinski definition) is 6. The second-order valence-corrected chi connectivity index (χ2v) is 8.88. The molecule has 0 radical (unpaired) electrons. The van der Waals surface area contributed by atoms with Crippen LogP contribution in [0.4, 0.5) is 0 Å². The summed E-state index contributed by atoms with van der Waals surface area (Å²) >= 11 is 0. The van der Waals surface area contributed by atoms with Gasteiger partial charge in [-0.25, -0.2) is 10.0 Å². The first-order chi connectivity index (χ1) is 15.4. The zero-order valence-electron chi connectivity index (χ0n) is 17.7. The van der Waals surface area contributed by atoms with Crippen LogP contribution in [-0.2, 0) is 19.2 Å². The van der Waals surface area contributed by atoms with Crippen LogP contribution in [0.1, 0.15) is 23.2 Å². The molecule has 0 N–H and O–H groups in total. The Morgan fingerprint density at radius 2 is 0.844 bits per heavy atom. The molecule has 2 aromatic carbocycles. The molecule has 0 aliphatic carbocycles. The predicted octanol–water partition coefficient (Wildman–Crippen LogP) is 0.982. The van der Waals surface area contributed by atoms with Crippen LogP contribution in [0.5, 0.6) is 0 Å². The zero-order valence-corrected chi connectivity index (χ0v) is 17.7. The van der Waals surface area contributed by atoms with Crippen molar-refractivity contribution in [3.63, 3.8) is 0 Å². The summed E-state index contributed by atoms with van der Waals surface area (Å²) in [7, 11) is 3.02. The molecule has 8 nitrogen and oxygen atoms in total. The van der Waals surface area contributed by atoms with E-state index in [1.54, 1.807) is 0 Å². The summed E-state index contributed by atoms with van der Waals surface area (Å²) < 4.78 is 0. The number of rotatable bonds is 2. The standard InChI is InChI=1S/C24H22N4O4/c1-25-21(29)15-17(13-9-5-3-6-10-13)28-20-16(22(30)26(2)24(20)32)18(14-11-7-4-8-12-14)27(28)19(15)23(25)31/h3-12,15-20H,1-2H3/t15-,16+,17-,18-,19-,20+/m0/s1. The lowest BCUT2D eigenvalue weighted by Crippen LogP contribution is -2.49. The Bertz CT molecular complexity index is 1060. The normalized spacial score (nSPS) is 34.4. The topological polar surface area (TPSA) is 81.2 Å². The van der Waals surface area contributed by atoms with Crippen molar-refractivity contribution in [3.05, 3.63) is 71.8 Å². The average molecular weight is 430 g/mol. The van der Waals surface area contributed by atoms with Gasteiger partial charge in [-0.05, 0) is 11.1 Å². The van der Waals surface area contributed by atoms with Gasteiger partial charge in [0.2, 0.25) is 23.6 Å². The highest BCUT2D eigenvalue weighted by molar-refractivity contribution is 6.10. The largest absolute Gasteiger partial charge is 0.284 e. The summed E-state index contributed by atoms with van der Waals surface area (Å²) in [4.78, 5) is 55.5. The van der Waals surface area contributed by atoms with Crippen LogP contribution in [0.25, 0.3) is 0 Å². The van der Waals surface area contributed by atoms with Gasteiger partial charge < -0.3 is 0 Å². The Morgan fingerprint density at radius 3 is 1.19 bits per heavy atom. The SMILES string of the molecule is CN1C(=O)[C@@H]2[C@@H](C1=O)N1[C@@H](c3ccccc3)[C@H]3C(=O)N(C)C(=O)[C@@H]3N1[C@H]2c1ccccc1. The summed E-state index contributed by atoms with van der Waals surface area (Å²) in [6.07, 6.45) is 0. The highest BCUT2D eigenvalue weighted by Gasteiger charge is 2.72. The molecule has 0 spiro atoms. The summed E-state index contributed by atoms with van der Waals surface area (Å²) in [5, 5.41) is 3.75. The van der Waals surface area contributed by atoms with E-state index in [9.17, 15) is 19.2 Å². The number of benzene rings is 2. The van der Waals surface area contributed by atoms with E-state index in [4.69, 9.17) is 0 Å². The maximum atomic E-state index is 13.3. The van der Waals surface area contributed by atoms with E-state index in [0.717, 1.165) is 11.1 Å². The number of imide groups is 2. The summed E-state index contributed by atoms with van der Waals surface area (Å²) in [6, 6.07) is 16.4. The second kappa shape index (κ2) is 6.57. The predicted molar refractivity (Wildman–Crippen MR) is 112 cm³/mol. The Kier molecular flexibility index (Phi) is 3.97. The Labute approximate surface area is 185 Å². The van der Waals surface area contributed by atoms with E-state index in [1.807, 2.05) is 70.7 Å². The van der Waals surface area contributed by atoms with Gasteiger partial charge >= 0.3 is 0 Å². The van der Waals surface area contributed by atoms with Gasteiger partial charge in [-0.1, -0.05) is 60.7 Å². The summed E-state index contributed by atoms with van der Waals surface area (Å²) in [5.74, 6) is -2.38. The molecular weight excluding hydrogens is 408 g/mol. The minimum atomic E-state index is -0.751. The summed E-state index contributed by atoms with van der Waals surface area (Å²) in [5.41, 5.74) is 1.70. The molecule has 0 unspecified atom stereocenters. The van der Waals surface area contributed by atoms with Crippen molar-refractivity contribution in [2.75, 3.05) is 14.1 Å². The quantitative estimate of drug-likeness (QED) is 0.661. The molecule has 0 aromatic heterocycles. The Morgan fingerprint density at radius 1 is 0.500 bits per heavy atom. The van der Waals surface area contributed by atoms with Gasteiger partial charge in [0.25, 0.3) is 0 Å². The van der Waals surface area contributed by atoms with Gasteiger partial charge in [0.05, 0.1) is 23.9 Å². The Hall–Kier alpha value is -3.36. The third-order valence-corrected chi connectivity index (χ3v) is 7.45. The maximum absolute atomic E-state index is 13.3. The zero-order chi connectivity index (χ0) is 22.3. The van der Waals surface area contributed by atoms with E-state index >= 15 is 0 Å². The van der Waals surface area contributed by atoms with Crippen LogP contribution in [0, 0.1) is 11.8 Å². The fraction of sp³-hybridized carbons (Fsp3) is 0.333. The minimum absolute atomic E-state index is 0.253. The minimum Gasteiger partial charge on any atom is -0.284 e. The number of likely N-dealkylation sites (tertiary alicyclic amines) is 2. The van der Waals surface area contributed by atoms with Gasteiger partial charge in [-0.3, -0.25) is 29.0 Å². The molecule has 4 aliphatic rings. The number of hydrazine groups is 1. The van der Waals surface area contributed by atoms with Crippen molar-refractivity contribution in [3.8, 4) is 0 Å². The number of likely N-dealkylation sites (N-methyl/N-ethyl adjacent to an activating group) is 2. The van der Waals surface area contributed by atoms with Gasteiger partial charge in [0.1, 0.15) is 12.1 Å². The molecule has 4 amide bonds. The molecule has 162 valence electrons. The van der Waals surface area contributed by atoms with E-state index in [1.165, 1.54) is 23.9 Å². The average Bonchev–Trinajstić information content (AvgIpc) is 3.46. The number of carbonyl (C=O) groups is 4. The van der Waals surface area contributed by atoms with Crippen LogP contribution in [0.15, 0.2) is 60.7 Å². The first kappa shape index (κ1) is 19.3. The third kappa shape index (κ3) is 2.23. The van der Waals surface area contributed by atoms with Crippen molar-refractivity contribution in [1.29, 1.82) is 0 Å². The van der Waals surface area contributed by atoms with Gasteiger partial charge in [-0.15, -0.1) is 0 Å². The van der Waals surface area contributed by atoms with E-state index in [-0.39, 0.29) is 23.6 Å². The molecule has 0 bridgehead atoms. The first-order valence-electron chi connectivity index (χ1n) is 10.7. The van der Waals surface area contributed by atoms with E-state index in [0.29, 0.717) is 0 Å². The lowest BCUT2D eigenvalue weighted by atomic mass is 9.84. The van der Waals surface area contributed by atoms with Crippen molar-refractivity contribution in [1.82, 2.24) is 19.8 Å². The molecule has 0 saturated carbocycles. The Balaban J connectivity index is 1.60. The van der Waals surface area contributed by atoms with Crippen molar-refractivity contribution >= 4 is 23.6 Å². The lowest BCUT2D eigenvalue weighted by molar-refractivity contribution is -0.151. The van der Waals surface area contributed by atoms with E-state index < -0.39 is 36.0 Å². The van der Waals surface area contributed by atoms with Gasteiger partial charge in [-0.2, -0.15) is 0 Å².